The Morgan fingerprint density at radius 1 is 1.19 bits per heavy atom. The fourth-order valence-corrected chi connectivity index (χ4v) is 2.51. The monoisotopic (exact) mass is 391 g/mol. The average Bonchev–Trinajstić information content (AvgIpc) is 2.65. The maximum Gasteiger partial charge on any atom is 0.254 e. The zero-order valence-electron chi connectivity index (χ0n) is 13.4. The molecule has 0 spiro atoms. The number of hydrogen-bond acceptors (Lipinski definition) is 5. The standard InChI is InChI=1S/C17H12Cl2FN5O/c1-21-17(26)11-7-22-5-4-14(11)24-16-12(19)8-23-15(25-16)10-6-9(18)2-3-13(10)20/h2-8H,1H3,(H,21,26)(H,22,23,24,25). The van der Waals surface area contributed by atoms with Crippen molar-refractivity contribution in [3.8, 4) is 11.4 Å². The number of halogens is 3. The first-order valence-corrected chi connectivity index (χ1v) is 8.16. The number of nitrogens with one attached hydrogen (secondary N) is 2. The molecule has 0 aliphatic heterocycles. The van der Waals surface area contributed by atoms with Crippen LogP contribution in [0.25, 0.3) is 11.4 Å². The van der Waals surface area contributed by atoms with E-state index in [2.05, 4.69) is 25.6 Å². The normalized spacial score (nSPS) is 10.5. The molecular weight excluding hydrogens is 380 g/mol. The fraction of sp³-hybridized carbons (Fsp3) is 0.0588. The molecule has 6 nitrogen and oxygen atoms in total. The van der Waals surface area contributed by atoms with Gasteiger partial charge in [0.2, 0.25) is 0 Å². The van der Waals surface area contributed by atoms with E-state index in [9.17, 15) is 9.18 Å². The molecule has 2 N–H and O–H groups in total. The van der Waals surface area contributed by atoms with E-state index in [1.165, 1.54) is 43.8 Å². The van der Waals surface area contributed by atoms with Crippen molar-refractivity contribution in [1.82, 2.24) is 20.3 Å². The van der Waals surface area contributed by atoms with Crippen LogP contribution in [-0.4, -0.2) is 27.9 Å². The lowest BCUT2D eigenvalue weighted by atomic mass is 10.2. The molecule has 0 atom stereocenters. The third-order valence-corrected chi connectivity index (χ3v) is 3.97. The van der Waals surface area contributed by atoms with E-state index in [0.717, 1.165) is 0 Å². The van der Waals surface area contributed by atoms with Gasteiger partial charge in [-0.1, -0.05) is 23.2 Å². The molecule has 2 aromatic heterocycles. The number of pyridine rings is 1. The topological polar surface area (TPSA) is 79.8 Å². The molecule has 2 heterocycles. The number of aromatic nitrogens is 3. The summed E-state index contributed by atoms with van der Waals surface area (Å²) in [5.41, 5.74) is 0.885. The van der Waals surface area contributed by atoms with E-state index in [4.69, 9.17) is 23.2 Å². The van der Waals surface area contributed by atoms with Crippen LogP contribution in [0.3, 0.4) is 0 Å². The van der Waals surface area contributed by atoms with Crippen molar-refractivity contribution in [2.45, 2.75) is 0 Å². The first-order valence-electron chi connectivity index (χ1n) is 7.40. The second-order valence-electron chi connectivity index (χ2n) is 5.14. The van der Waals surface area contributed by atoms with Crippen LogP contribution in [0.5, 0.6) is 0 Å². The second-order valence-corrected chi connectivity index (χ2v) is 5.98. The van der Waals surface area contributed by atoms with E-state index in [0.29, 0.717) is 16.3 Å². The van der Waals surface area contributed by atoms with Gasteiger partial charge in [-0.3, -0.25) is 9.78 Å². The van der Waals surface area contributed by atoms with Gasteiger partial charge in [0.15, 0.2) is 11.6 Å². The van der Waals surface area contributed by atoms with Crippen LogP contribution >= 0.6 is 23.2 Å². The molecule has 0 aliphatic rings. The van der Waals surface area contributed by atoms with Crippen LogP contribution in [0.1, 0.15) is 10.4 Å². The van der Waals surface area contributed by atoms with Crippen molar-refractivity contribution in [1.29, 1.82) is 0 Å². The minimum absolute atomic E-state index is 0.104. The van der Waals surface area contributed by atoms with Crippen molar-refractivity contribution in [3.05, 3.63) is 64.3 Å². The van der Waals surface area contributed by atoms with Crippen molar-refractivity contribution >= 4 is 40.6 Å². The molecule has 3 rings (SSSR count). The van der Waals surface area contributed by atoms with E-state index >= 15 is 0 Å². The Labute approximate surface area is 158 Å². The fourth-order valence-electron chi connectivity index (χ4n) is 2.20. The molecule has 1 aromatic carbocycles. The van der Waals surface area contributed by atoms with Crippen molar-refractivity contribution in [3.63, 3.8) is 0 Å². The summed E-state index contributed by atoms with van der Waals surface area (Å²) in [5.74, 6) is -0.524. The van der Waals surface area contributed by atoms with Gasteiger partial charge in [-0.05, 0) is 24.3 Å². The van der Waals surface area contributed by atoms with E-state index in [1.54, 1.807) is 6.07 Å². The van der Waals surface area contributed by atoms with Crippen molar-refractivity contribution < 1.29 is 9.18 Å². The summed E-state index contributed by atoms with van der Waals surface area (Å²) in [7, 11) is 1.51. The first-order chi connectivity index (χ1) is 12.5. The lowest BCUT2D eigenvalue weighted by Gasteiger charge is -2.12. The molecule has 26 heavy (non-hydrogen) atoms. The zero-order valence-corrected chi connectivity index (χ0v) is 14.9. The van der Waals surface area contributed by atoms with Gasteiger partial charge < -0.3 is 10.6 Å². The highest BCUT2D eigenvalue weighted by Gasteiger charge is 2.15. The van der Waals surface area contributed by atoms with Crippen molar-refractivity contribution in [2.24, 2.45) is 0 Å². The predicted octanol–water partition coefficient (Wildman–Crippen LogP) is 4.09. The van der Waals surface area contributed by atoms with Crippen molar-refractivity contribution in [2.75, 3.05) is 12.4 Å². The summed E-state index contributed by atoms with van der Waals surface area (Å²) in [6.07, 6.45) is 4.27. The van der Waals surface area contributed by atoms with Crippen LogP contribution in [0.2, 0.25) is 10.0 Å². The summed E-state index contributed by atoms with van der Waals surface area (Å²) < 4.78 is 14.1. The highest BCUT2D eigenvalue weighted by molar-refractivity contribution is 6.33. The highest BCUT2D eigenvalue weighted by atomic mass is 35.5. The third-order valence-electron chi connectivity index (χ3n) is 3.46. The number of anilines is 2. The van der Waals surface area contributed by atoms with Gasteiger partial charge in [0.05, 0.1) is 23.0 Å². The van der Waals surface area contributed by atoms with E-state index < -0.39 is 5.82 Å². The van der Waals surface area contributed by atoms with Crippen LogP contribution in [0.15, 0.2) is 42.9 Å². The van der Waals surface area contributed by atoms with Gasteiger partial charge in [0, 0.05) is 24.5 Å². The number of rotatable bonds is 4. The SMILES string of the molecule is CNC(=O)c1cnccc1Nc1nc(-c2cc(Cl)ccc2F)ncc1Cl. The third kappa shape index (κ3) is 3.74. The quantitative estimate of drug-likeness (QED) is 0.699. The number of carbonyl (C=O) groups is 1. The molecule has 0 bridgehead atoms. The van der Waals surface area contributed by atoms with Crippen LogP contribution in [-0.2, 0) is 0 Å². The molecule has 9 heteroatoms. The molecule has 0 fully saturated rings. The average molecular weight is 392 g/mol. The second kappa shape index (κ2) is 7.63. The largest absolute Gasteiger partial charge is 0.355 e. The lowest BCUT2D eigenvalue weighted by Crippen LogP contribution is -2.19. The van der Waals surface area contributed by atoms with Gasteiger partial charge in [-0.15, -0.1) is 0 Å². The Morgan fingerprint density at radius 2 is 2.00 bits per heavy atom. The lowest BCUT2D eigenvalue weighted by molar-refractivity contribution is 0.0963. The molecular formula is C17H12Cl2FN5O. The number of carbonyl (C=O) groups excluding carboxylic acids is 1. The molecule has 0 unspecified atom stereocenters. The number of nitrogens with zero attached hydrogens (tertiary/aromatic N) is 3. The number of amides is 1. The maximum absolute atomic E-state index is 14.1. The molecule has 1 amide bonds. The van der Waals surface area contributed by atoms with Gasteiger partial charge >= 0.3 is 0 Å². The Kier molecular flexibility index (Phi) is 5.29. The predicted molar refractivity (Wildman–Crippen MR) is 98.4 cm³/mol. The molecule has 0 aliphatic carbocycles. The Balaban J connectivity index is 2.02. The Morgan fingerprint density at radius 3 is 2.77 bits per heavy atom. The molecule has 0 saturated carbocycles. The molecule has 132 valence electrons. The summed E-state index contributed by atoms with van der Waals surface area (Å²) >= 11 is 12.1. The minimum atomic E-state index is -0.516. The van der Waals surface area contributed by atoms with E-state index in [1.807, 2.05) is 0 Å². The summed E-state index contributed by atoms with van der Waals surface area (Å²) in [6, 6.07) is 5.69. The number of hydrogen-bond donors (Lipinski definition) is 2. The van der Waals surface area contributed by atoms with E-state index in [-0.39, 0.29) is 28.1 Å². The summed E-state index contributed by atoms with van der Waals surface area (Å²) in [4.78, 5) is 24.2. The van der Waals surface area contributed by atoms with Crippen LogP contribution < -0.4 is 10.6 Å². The minimum Gasteiger partial charge on any atom is -0.355 e. The molecule has 3 aromatic rings. The zero-order chi connectivity index (χ0) is 18.7. The van der Waals surface area contributed by atoms with Crippen LogP contribution in [0.4, 0.5) is 15.9 Å². The van der Waals surface area contributed by atoms with Gasteiger partial charge in [-0.2, -0.15) is 0 Å². The van der Waals surface area contributed by atoms with Crippen LogP contribution in [0, 0.1) is 5.82 Å². The first kappa shape index (κ1) is 18.0. The Hall–Kier alpha value is -2.77. The smallest absolute Gasteiger partial charge is 0.254 e. The van der Waals surface area contributed by atoms with Gasteiger partial charge in [-0.25, -0.2) is 14.4 Å². The van der Waals surface area contributed by atoms with Gasteiger partial charge in [0.25, 0.3) is 5.91 Å². The molecule has 0 saturated heterocycles. The summed E-state index contributed by atoms with van der Waals surface area (Å²) in [5, 5.41) is 6.04. The Bertz CT molecular complexity index is 983. The number of benzene rings is 1. The summed E-state index contributed by atoms with van der Waals surface area (Å²) in [6.45, 7) is 0. The maximum atomic E-state index is 14.1. The van der Waals surface area contributed by atoms with Gasteiger partial charge in [0.1, 0.15) is 10.8 Å². The molecule has 0 radical (unpaired) electrons. The highest BCUT2D eigenvalue weighted by Crippen LogP contribution is 2.29.